The second-order valence-corrected chi connectivity index (χ2v) is 10.5. The topological polar surface area (TPSA) is 53.5 Å². The Morgan fingerprint density at radius 3 is 2.44 bits per heavy atom. The fourth-order valence-electron chi connectivity index (χ4n) is 7.34. The van der Waals surface area contributed by atoms with E-state index in [2.05, 4.69) is 46.0 Å². The van der Waals surface area contributed by atoms with E-state index in [0.717, 1.165) is 42.9 Å². The summed E-state index contributed by atoms with van der Waals surface area (Å²) < 4.78 is 0. The molecule has 2 amide bonds. The first-order valence-electron chi connectivity index (χ1n) is 12.5. The lowest BCUT2D eigenvalue weighted by Gasteiger charge is -2.53. The Morgan fingerprint density at radius 1 is 0.971 bits per heavy atom. The number of hydrogen-bond acceptors (Lipinski definition) is 3. The minimum atomic E-state index is -0.0813. The van der Waals surface area contributed by atoms with Gasteiger partial charge in [0.1, 0.15) is 5.69 Å². The molecule has 6 rings (SSSR count). The van der Waals surface area contributed by atoms with Crippen molar-refractivity contribution in [2.75, 3.05) is 0 Å². The Hall–Kier alpha value is -3.21. The molecule has 0 unspecified atom stereocenters. The van der Waals surface area contributed by atoms with E-state index >= 15 is 0 Å². The number of rotatable bonds is 3. The van der Waals surface area contributed by atoms with Crippen LogP contribution >= 0.6 is 0 Å². The Morgan fingerprint density at radius 2 is 1.68 bits per heavy atom. The highest BCUT2D eigenvalue weighted by Gasteiger charge is 2.64. The molecule has 5 nitrogen and oxygen atoms in total. The summed E-state index contributed by atoms with van der Waals surface area (Å²) in [5.41, 5.74) is 1.64. The van der Waals surface area contributed by atoms with E-state index in [4.69, 9.17) is 0 Å². The molecule has 3 aromatic rings. The van der Waals surface area contributed by atoms with Crippen molar-refractivity contribution >= 4 is 22.6 Å². The molecule has 5 atom stereocenters. The number of amides is 2. The third kappa shape index (κ3) is 3.09. The van der Waals surface area contributed by atoms with Crippen molar-refractivity contribution in [1.29, 1.82) is 0 Å². The van der Waals surface area contributed by atoms with Crippen molar-refractivity contribution < 1.29 is 9.59 Å². The zero-order valence-corrected chi connectivity index (χ0v) is 19.9. The number of likely N-dealkylation sites (tertiary alicyclic amines) is 2. The Labute approximate surface area is 200 Å². The van der Waals surface area contributed by atoms with Crippen LogP contribution in [0.25, 0.3) is 10.8 Å². The molecule has 0 radical (unpaired) electrons. The zero-order valence-electron chi connectivity index (χ0n) is 19.9. The number of aromatic nitrogens is 1. The van der Waals surface area contributed by atoms with Crippen LogP contribution in [0.1, 0.15) is 55.6 Å². The number of nitrogens with zero attached hydrogens (tertiary/aromatic N) is 3. The summed E-state index contributed by atoms with van der Waals surface area (Å²) in [5.74, 6) is 0.139. The van der Waals surface area contributed by atoms with Crippen LogP contribution < -0.4 is 0 Å². The number of piperidine rings is 1. The van der Waals surface area contributed by atoms with Crippen LogP contribution in [0.15, 0.2) is 66.9 Å². The predicted octanol–water partition coefficient (Wildman–Crippen LogP) is 4.85. The molecule has 3 aliphatic rings. The summed E-state index contributed by atoms with van der Waals surface area (Å²) >= 11 is 0. The molecule has 2 aliphatic heterocycles. The van der Waals surface area contributed by atoms with E-state index in [1.54, 1.807) is 13.1 Å². The molecule has 3 heterocycles. The molecule has 1 aromatic heterocycles. The lowest BCUT2D eigenvalue weighted by molar-refractivity contribution is -0.133. The maximum absolute atomic E-state index is 14.4. The molecule has 0 N–H and O–H groups in total. The third-order valence-electron chi connectivity index (χ3n) is 8.72. The van der Waals surface area contributed by atoms with Crippen molar-refractivity contribution in [3.8, 4) is 0 Å². The van der Waals surface area contributed by atoms with Gasteiger partial charge in [0.05, 0.1) is 12.1 Å². The lowest BCUT2D eigenvalue weighted by atomic mass is 9.64. The number of carbonyl (C=O) groups is 2. The molecule has 5 heteroatoms. The van der Waals surface area contributed by atoms with E-state index in [1.165, 1.54) is 5.56 Å². The van der Waals surface area contributed by atoms with Crippen molar-refractivity contribution in [2.24, 2.45) is 5.41 Å². The fraction of sp³-hybridized carbons (Fsp3) is 0.414. The summed E-state index contributed by atoms with van der Waals surface area (Å²) in [4.78, 5) is 36.3. The first-order chi connectivity index (χ1) is 16.5. The molecule has 2 bridgehead atoms. The van der Waals surface area contributed by atoms with Crippen LogP contribution in [-0.2, 0) is 11.2 Å². The van der Waals surface area contributed by atoms with Crippen LogP contribution in [0.2, 0.25) is 0 Å². The highest BCUT2D eigenvalue weighted by Crippen LogP contribution is 2.56. The van der Waals surface area contributed by atoms with Gasteiger partial charge in [-0.3, -0.25) is 14.6 Å². The van der Waals surface area contributed by atoms with Gasteiger partial charge in [0.15, 0.2) is 0 Å². The minimum absolute atomic E-state index is 0.00436. The van der Waals surface area contributed by atoms with Crippen molar-refractivity contribution in [3.05, 3.63) is 78.1 Å². The molecule has 2 saturated heterocycles. The summed E-state index contributed by atoms with van der Waals surface area (Å²) in [6, 6.07) is 20.6. The van der Waals surface area contributed by atoms with Crippen LogP contribution in [0, 0.1) is 5.41 Å². The fourth-order valence-corrected chi connectivity index (χ4v) is 7.34. The van der Waals surface area contributed by atoms with Gasteiger partial charge >= 0.3 is 0 Å². The number of pyridine rings is 1. The molecular weight excluding hydrogens is 422 g/mol. The van der Waals surface area contributed by atoms with Gasteiger partial charge in [0.25, 0.3) is 5.91 Å². The summed E-state index contributed by atoms with van der Waals surface area (Å²) in [6.45, 7) is 4.01. The molecule has 3 fully saturated rings. The van der Waals surface area contributed by atoms with Crippen LogP contribution in [0.5, 0.6) is 0 Å². The molecular formula is C29H31N3O2. The van der Waals surface area contributed by atoms with Gasteiger partial charge in [-0.25, -0.2) is 0 Å². The van der Waals surface area contributed by atoms with Gasteiger partial charge in [0.2, 0.25) is 5.91 Å². The zero-order chi connectivity index (χ0) is 23.4. The SMILES string of the molecule is CC(=O)N1[C@H]2CCC[C@H]3N(C(=O)c4nccc5ccccc45)[C@@H](Cc4ccccc4)[C@@H]1C[C@@]23C. The first kappa shape index (κ1) is 21.3. The average molecular weight is 454 g/mol. The second-order valence-electron chi connectivity index (χ2n) is 10.5. The predicted molar refractivity (Wildman–Crippen MR) is 132 cm³/mol. The van der Waals surface area contributed by atoms with Crippen LogP contribution in [0.4, 0.5) is 0 Å². The first-order valence-corrected chi connectivity index (χ1v) is 12.5. The standard InChI is InChI=1S/C29H31N3O2/c1-19(33)31-24-18-29(2)25(31)13-8-14-26(29)32(23(24)17-20-9-4-3-5-10-20)28(34)27-22-12-7-6-11-21(22)15-16-30-27/h3-7,9-12,15-16,23-26H,8,13-14,17-18H2,1-2H3/t23-,24-,25-,26+,29-/m0/s1. The van der Waals surface area contributed by atoms with Crippen molar-refractivity contribution in [2.45, 2.75) is 70.1 Å². The van der Waals surface area contributed by atoms with Crippen LogP contribution in [0.3, 0.4) is 0 Å². The summed E-state index contributed by atoms with van der Waals surface area (Å²) in [7, 11) is 0. The monoisotopic (exact) mass is 453 g/mol. The average Bonchev–Trinajstić information content (AvgIpc) is 3.16. The molecule has 174 valence electrons. The molecule has 0 spiro atoms. The van der Waals surface area contributed by atoms with Gasteiger partial charge in [0, 0.05) is 36.0 Å². The van der Waals surface area contributed by atoms with Gasteiger partial charge < -0.3 is 9.80 Å². The van der Waals surface area contributed by atoms with Gasteiger partial charge in [-0.15, -0.1) is 0 Å². The third-order valence-corrected chi connectivity index (χ3v) is 8.72. The normalized spacial score (nSPS) is 29.9. The molecule has 1 saturated carbocycles. The Balaban J connectivity index is 1.50. The quantitative estimate of drug-likeness (QED) is 0.570. The highest BCUT2D eigenvalue weighted by molar-refractivity contribution is 6.05. The maximum Gasteiger partial charge on any atom is 0.273 e. The van der Waals surface area contributed by atoms with Crippen molar-refractivity contribution in [1.82, 2.24) is 14.8 Å². The van der Waals surface area contributed by atoms with Crippen LogP contribution in [-0.4, -0.2) is 50.8 Å². The number of hydrogen-bond donors (Lipinski definition) is 0. The van der Waals surface area contributed by atoms with E-state index in [9.17, 15) is 9.59 Å². The van der Waals surface area contributed by atoms with Gasteiger partial charge in [-0.1, -0.05) is 61.5 Å². The summed E-state index contributed by atoms with van der Waals surface area (Å²) in [6.07, 6.45) is 6.49. The maximum atomic E-state index is 14.4. The Kier molecular flexibility index (Phi) is 4.98. The van der Waals surface area contributed by atoms with E-state index in [-0.39, 0.29) is 41.4 Å². The largest absolute Gasteiger partial charge is 0.334 e. The Bertz CT molecular complexity index is 1250. The van der Waals surface area contributed by atoms with E-state index in [0.29, 0.717) is 5.69 Å². The molecule has 1 aliphatic carbocycles. The molecule has 2 aromatic carbocycles. The lowest BCUT2D eigenvalue weighted by Crippen LogP contribution is -2.62. The second kappa shape index (κ2) is 7.93. The molecule has 34 heavy (non-hydrogen) atoms. The van der Waals surface area contributed by atoms with Gasteiger partial charge in [-0.2, -0.15) is 0 Å². The van der Waals surface area contributed by atoms with Gasteiger partial charge in [-0.05, 0) is 49.1 Å². The number of carbonyl (C=O) groups excluding carboxylic acids is 2. The number of fused-ring (bicyclic) bond motifs is 2. The summed E-state index contributed by atoms with van der Waals surface area (Å²) in [5, 5.41) is 1.92. The van der Waals surface area contributed by atoms with Crippen molar-refractivity contribution in [3.63, 3.8) is 0 Å². The smallest absolute Gasteiger partial charge is 0.273 e. The minimum Gasteiger partial charge on any atom is -0.334 e. The highest BCUT2D eigenvalue weighted by atomic mass is 16.2. The number of benzene rings is 2. The van der Waals surface area contributed by atoms with E-state index in [1.807, 2.05) is 36.4 Å². The van der Waals surface area contributed by atoms with E-state index < -0.39 is 0 Å².